The monoisotopic (exact) mass is 474 g/mol. The number of hydrogen-bond acceptors (Lipinski definition) is 8. The van der Waals surface area contributed by atoms with Gasteiger partial charge in [-0.15, -0.1) is 11.8 Å². The summed E-state index contributed by atoms with van der Waals surface area (Å²) in [5.74, 6) is 0.232. The Labute approximate surface area is 182 Å². The van der Waals surface area contributed by atoms with Crippen molar-refractivity contribution >= 4 is 56.1 Å². The summed E-state index contributed by atoms with van der Waals surface area (Å²) in [5, 5.41) is 8.66. The lowest BCUT2D eigenvalue weighted by molar-refractivity contribution is -0.153. The Morgan fingerprint density at radius 1 is 1.29 bits per heavy atom. The van der Waals surface area contributed by atoms with Crippen LogP contribution in [0.15, 0.2) is 28.8 Å². The Kier molecular flexibility index (Phi) is 7.05. The summed E-state index contributed by atoms with van der Waals surface area (Å²) >= 11 is 2.23. The van der Waals surface area contributed by atoms with Crippen molar-refractivity contribution in [1.29, 1.82) is 0 Å². The third kappa shape index (κ3) is 6.85. The number of thiazole rings is 1. The van der Waals surface area contributed by atoms with E-state index in [4.69, 9.17) is 9.26 Å². The van der Waals surface area contributed by atoms with Crippen LogP contribution in [0.25, 0.3) is 10.2 Å². The van der Waals surface area contributed by atoms with E-state index in [2.05, 4.69) is 20.8 Å². The lowest BCUT2D eigenvalue weighted by atomic mass is 10.3. The molecule has 0 aliphatic rings. The molecule has 2 aromatic heterocycles. The van der Waals surface area contributed by atoms with Crippen LogP contribution >= 0.6 is 23.1 Å². The summed E-state index contributed by atoms with van der Waals surface area (Å²) in [5.41, 5.74) is 0.517. The summed E-state index contributed by atoms with van der Waals surface area (Å²) in [7, 11) is 0. The molecular formula is C18H17F3N4O4S2. The maximum absolute atomic E-state index is 12.3. The molecule has 2 heterocycles. The third-order valence-corrected chi connectivity index (χ3v) is 5.80. The van der Waals surface area contributed by atoms with Crippen LogP contribution in [-0.4, -0.2) is 45.7 Å². The van der Waals surface area contributed by atoms with Gasteiger partial charge in [-0.05, 0) is 32.0 Å². The second-order valence-electron chi connectivity index (χ2n) is 6.37. The number of benzene rings is 1. The number of aromatic nitrogens is 2. The summed E-state index contributed by atoms with van der Waals surface area (Å²) in [6, 6.07) is 5.90. The fraction of sp³-hybridized carbons (Fsp3) is 0.333. The molecule has 2 amide bonds. The van der Waals surface area contributed by atoms with E-state index in [0.717, 1.165) is 23.1 Å². The van der Waals surface area contributed by atoms with Crippen LogP contribution < -0.4 is 15.4 Å². The van der Waals surface area contributed by atoms with Crippen molar-refractivity contribution in [2.24, 2.45) is 0 Å². The minimum atomic E-state index is -4.43. The maximum Gasteiger partial charge on any atom is 0.422 e. The molecule has 1 aromatic carbocycles. The number of nitrogens with one attached hydrogen (secondary N) is 2. The second-order valence-corrected chi connectivity index (χ2v) is 8.73. The highest BCUT2D eigenvalue weighted by atomic mass is 32.2. The van der Waals surface area contributed by atoms with Gasteiger partial charge in [0.2, 0.25) is 11.8 Å². The number of amides is 2. The van der Waals surface area contributed by atoms with Gasteiger partial charge in [0.1, 0.15) is 11.5 Å². The first kappa shape index (κ1) is 22.9. The number of halogens is 3. The Bertz CT molecular complexity index is 1080. The van der Waals surface area contributed by atoms with Crippen molar-refractivity contribution in [2.75, 3.05) is 23.0 Å². The van der Waals surface area contributed by atoms with Crippen molar-refractivity contribution in [1.82, 2.24) is 10.1 Å². The average molecular weight is 474 g/mol. The van der Waals surface area contributed by atoms with E-state index in [1.54, 1.807) is 19.9 Å². The average Bonchev–Trinajstić information content (AvgIpc) is 3.28. The molecule has 1 unspecified atom stereocenters. The van der Waals surface area contributed by atoms with Gasteiger partial charge < -0.3 is 19.9 Å². The molecule has 8 nitrogen and oxygen atoms in total. The van der Waals surface area contributed by atoms with E-state index < -0.39 is 18.0 Å². The zero-order chi connectivity index (χ0) is 22.6. The summed E-state index contributed by atoms with van der Waals surface area (Å²) in [6.45, 7) is 1.96. The number of anilines is 2. The molecule has 3 aromatic rings. The van der Waals surface area contributed by atoms with Crippen LogP contribution in [0.5, 0.6) is 5.75 Å². The van der Waals surface area contributed by atoms with Crippen LogP contribution in [0.3, 0.4) is 0 Å². The zero-order valence-electron chi connectivity index (χ0n) is 16.3. The van der Waals surface area contributed by atoms with E-state index in [-0.39, 0.29) is 23.3 Å². The molecule has 1 atom stereocenters. The maximum atomic E-state index is 12.3. The number of carbonyl (C=O) groups excluding carboxylic acids is 2. The summed E-state index contributed by atoms with van der Waals surface area (Å²) in [4.78, 5) is 28.5. The molecule has 31 heavy (non-hydrogen) atoms. The van der Waals surface area contributed by atoms with Crippen molar-refractivity contribution < 1.29 is 32.0 Å². The van der Waals surface area contributed by atoms with Crippen molar-refractivity contribution in [3.05, 3.63) is 30.0 Å². The Hall–Kier alpha value is -2.80. The van der Waals surface area contributed by atoms with Crippen LogP contribution in [0.4, 0.5) is 24.1 Å². The normalized spacial score (nSPS) is 12.5. The molecule has 0 spiro atoms. The fourth-order valence-corrected chi connectivity index (χ4v) is 3.89. The lowest BCUT2D eigenvalue weighted by Gasteiger charge is -2.09. The predicted molar refractivity (Wildman–Crippen MR) is 112 cm³/mol. The topological polar surface area (TPSA) is 106 Å². The van der Waals surface area contributed by atoms with Crippen molar-refractivity contribution in [3.63, 3.8) is 0 Å². The molecule has 166 valence electrons. The van der Waals surface area contributed by atoms with Gasteiger partial charge in [-0.25, -0.2) is 4.98 Å². The Balaban J connectivity index is 1.50. The van der Waals surface area contributed by atoms with Gasteiger partial charge in [0, 0.05) is 6.07 Å². The Morgan fingerprint density at radius 2 is 2.06 bits per heavy atom. The molecule has 13 heteroatoms. The number of ether oxygens (including phenoxy) is 1. The van der Waals surface area contributed by atoms with Crippen molar-refractivity contribution in [3.8, 4) is 5.75 Å². The standard InChI is InChI=1S/C18H17F3N4O4S2/c1-9-5-14(25-29-9)23-16(27)10(2)30-7-15(26)24-17-22-12-4-3-11(6-13(12)31-17)28-8-18(19,20)21/h3-6,10H,7-8H2,1-2H3,(H,22,24,26)(H,23,25,27). The molecule has 2 N–H and O–H groups in total. The van der Waals surface area contributed by atoms with Gasteiger partial charge in [0.15, 0.2) is 17.6 Å². The largest absolute Gasteiger partial charge is 0.484 e. The highest BCUT2D eigenvalue weighted by Gasteiger charge is 2.28. The van der Waals surface area contributed by atoms with Crippen LogP contribution in [0.1, 0.15) is 12.7 Å². The number of aryl methyl sites for hydroxylation is 1. The predicted octanol–water partition coefficient (Wildman–Crippen LogP) is 4.23. The van der Waals surface area contributed by atoms with Gasteiger partial charge in [-0.1, -0.05) is 16.5 Å². The molecule has 3 rings (SSSR count). The number of hydrogen-bond donors (Lipinski definition) is 2. The number of fused-ring (bicyclic) bond motifs is 1. The number of carbonyl (C=O) groups is 2. The van der Waals surface area contributed by atoms with Gasteiger partial charge in [0.25, 0.3) is 0 Å². The molecule has 0 radical (unpaired) electrons. The number of nitrogens with zero attached hydrogens (tertiary/aromatic N) is 2. The molecule has 0 aliphatic carbocycles. The molecule has 0 aliphatic heterocycles. The van der Waals surface area contributed by atoms with Crippen LogP contribution in [0.2, 0.25) is 0 Å². The van der Waals surface area contributed by atoms with Crippen LogP contribution in [-0.2, 0) is 9.59 Å². The first-order valence-electron chi connectivity index (χ1n) is 8.85. The molecule has 0 saturated carbocycles. The highest BCUT2D eigenvalue weighted by molar-refractivity contribution is 8.01. The minimum Gasteiger partial charge on any atom is -0.484 e. The Morgan fingerprint density at radius 3 is 2.74 bits per heavy atom. The smallest absolute Gasteiger partial charge is 0.422 e. The van der Waals surface area contributed by atoms with E-state index in [9.17, 15) is 22.8 Å². The number of thioether (sulfide) groups is 1. The molecule has 0 bridgehead atoms. The van der Waals surface area contributed by atoms with E-state index in [0.29, 0.717) is 26.9 Å². The number of rotatable bonds is 8. The first-order valence-corrected chi connectivity index (χ1v) is 10.7. The first-order chi connectivity index (χ1) is 14.6. The summed E-state index contributed by atoms with van der Waals surface area (Å²) < 4.78 is 47.0. The van der Waals surface area contributed by atoms with Crippen molar-refractivity contribution in [2.45, 2.75) is 25.3 Å². The number of alkyl halides is 3. The van der Waals surface area contributed by atoms with Gasteiger partial charge in [-0.3, -0.25) is 9.59 Å². The molecule has 0 saturated heterocycles. The van der Waals surface area contributed by atoms with Crippen LogP contribution in [0, 0.1) is 6.92 Å². The fourth-order valence-electron chi connectivity index (χ4n) is 2.30. The third-order valence-electron chi connectivity index (χ3n) is 3.72. The molecule has 0 fully saturated rings. The van der Waals surface area contributed by atoms with Gasteiger partial charge in [-0.2, -0.15) is 13.2 Å². The lowest BCUT2D eigenvalue weighted by Crippen LogP contribution is -2.25. The summed E-state index contributed by atoms with van der Waals surface area (Å²) in [6.07, 6.45) is -4.43. The van der Waals surface area contributed by atoms with E-state index in [1.165, 1.54) is 18.2 Å². The quantitative estimate of drug-likeness (QED) is 0.503. The van der Waals surface area contributed by atoms with E-state index >= 15 is 0 Å². The second kappa shape index (κ2) is 9.56. The molecular weight excluding hydrogens is 457 g/mol. The van der Waals surface area contributed by atoms with Gasteiger partial charge >= 0.3 is 6.18 Å². The zero-order valence-corrected chi connectivity index (χ0v) is 17.9. The minimum absolute atomic E-state index is 0.00228. The highest BCUT2D eigenvalue weighted by Crippen LogP contribution is 2.30. The van der Waals surface area contributed by atoms with Gasteiger partial charge in [0.05, 0.1) is 21.2 Å². The van der Waals surface area contributed by atoms with E-state index in [1.807, 2.05) is 0 Å². The SMILES string of the molecule is Cc1cc(NC(=O)C(C)SCC(=O)Nc2nc3ccc(OCC(F)(F)F)cc3s2)no1.